The van der Waals surface area contributed by atoms with Crippen molar-refractivity contribution < 1.29 is 4.79 Å². The lowest BCUT2D eigenvalue weighted by Gasteiger charge is -2.18. The largest absolute Gasteiger partial charge is 0.399 e. The monoisotopic (exact) mass is 274 g/mol. The van der Waals surface area contributed by atoms with Crippen LogP contribution in [0.15, 0.2) is 18.2 Å². The predicted molar refractivity (Wildman–Crippen MR) is 81.6 cm³/mol. The molecule has 0 saturated heterocycles. The SMILES string of the molecule is CCNC(=O)C(C)n1c(C(C)C)nc2cc(N)ccc21. The van der Waals surface area contributed by atoms with Crippen molar-refractivity contribution in [3.05, 3.63) is 24.0 Å². The molecule has 0 bridgehead atoms. The van der Waals surface area contributed by atoms with Crippen LogP contribution in [0.1, 0.15) is 45.5 Å². The van der Waals surface area contributed by atoms with Crippen molar-refractivity contribution in [1.29, 1.82) is 0 Å². The molecule has 0 aliphatic rings. The molecule has 2 aromatic rings. The second-order valence-electron chi connectivity index (χ2n) is 5.31. The molecule has 1 unspecified atom stereocenters. The molecule has 20 heavy (non-hydrogen) atoms. The van der Waals surface area contributed by atoms with E-state index in [0.29, 0.717) is 12.2 Å². The Morgan fingerprint density at radius 2 is 2.10 bits per heavy atom. The van der Waals surface area contributed by atoms with Crippen molar-refractivity contribution in [2.45, 2.75) is 39.7 Å². The number of fused-ring (bicyclic) bond motifs is 1. The number of nitrogens with zero attached hydrogens (tertiary/aromatic N) is 2. The highest BCUT2D eigenvalue weighted by Crippen LogP contribution is 2.27. The minimum Gasteiger partial charge on any atom is -0.399 e. The number of imidazole rings is 1. The van der Waals surface area contributed by atoms with E-state index in [2.05, 4.69) is 24.1 Å². The number of nitrogen functional groups attached to an aromatic ring is 1. The van der Waals surface area contributed by atoms with Crippen LogP contribution in [0, 0.1) is 0 Å². The first-order chi connectivity index (χ1) is 9.45. The quantitative estimate of drug-likeness (QED) is 0.841. The summed E-state index contributed by atoms with van der Waals surface area (Å²) in [5.41, 5.74) is 8.28. The molecule has 1 aromatic heterocycles. The van der Waals surface area contributed by atoms with Gasteiger partial charge in [0, 0.05) is 18.2 Å². The van der Waals surface area contributed by atoms with E-state index in [0.717, 1.165) is 16.9 Å². The first kappa shape index (κ1) is 14.4. The molecule has 108 valence electrons. The summed E-state index contributed by atoms with van der Waals surface area (Å²) in [5.74, 6) is 1.15. The van der Waals surface area contributed by atoms with Gasteiger partial charge in [-0.05, 0) is 32.0 Å². The molecule has 2 rings (SSSR count). The van der Waals surface area contributed by atoms with Gasteiger partial charge in [0.25, 0.3) is 0 Å². The van der Waals surface area contributed by atoms with Gasteiger partial charge in [0.05, 0.1) is 11.0 Å². The Balaban J connectivity index is 2.59. The summed E-state index contributed by atoms with van der Waals surface area (Å²) in [4.78, 5) is 16.8. The van der Waals surface area contributed by atoms with Crippen LogP contribution >= 0.6 is 0 Å². The highest BCUT2D eigenvalue weighted by Gasteiger charge is 2.22. The zero-order valence-corrected chi connectivity index (χ0v) is 12.5. The number of nitrogens with two attached hydrogens (primary N) is 1. The number of anilines is 1. The average molecular weight is 274 g/mol. The number of carbonyl (C=O) groups excluding carboxylic acids is 1. The Labute approximate surface area is 119 Å². The molecule has 1 amide bonds. The average Bonchev–Trinajstić information content (AvgIpc) is 2.76. The lowest BCUT2D eigenvalue weighted by Crippen LogP contribution is -2.31. The van der Waals surface area contributed by atoms with Gasteiger partial charge in [0.15, 0.2) is 0 Å². The van der Waals surface area contributed by atoms with Crippen molar-refractivity contribution in [3.8, 4) is 0 Å². The highest BCUT2D eigenvalue weighted by molar-refractivity contribution is 5.85. The Hall–Kier alpha value is -2.04. The number of hydrogen-bond acceptors (Lipinski definition) is 3. The standard InChI is InChI=1S/C15H22N4O/c1-5-17-15(20)10(4)19-13-7-6-11(16)8-12(13)18-14(19)9(2)3/h6-10H,5,16H2,1-4H3,(H,17,20). The topological polar surface area (TPSA) is 72.9 Å². The molecule has 0 spiro atoms. The summed E-state index contributed by atoms with van der Waals surface area (Å²) in [6.45, 7) is 8.59. The molecule has 0 saturated carbocycles. The zero-order chi connectivity index (χ0) is 14.9. The maximum absolute atomic E-state index is 12.1. The molecule has 1 aromatic carbocycles. The second-order valence-corrected chi connectivity index (χ2v) is 5.31. The van der Waals surface area contributed by atoms with Gasteiger partial charge >= 0.3 is 0 Å². The van der Waals surface area contributed by atoms with Gasteiger partial charge in [-0.15, -0.1) is 0 Å². The van der Waals surface area contributed by atoms with E-state index in [9.17, 15) is 4.79 Å². The number of carbonyl (C=O) groups is 1. The summed E-state index contributed by atoms with van der Waals surface area (Å²) in [6.07, 6.45) is 0. The molecular formula is C15H22N4O. The molecule has 1 atom stereocenters. The normalized spacial score (nSPS) is 12.8. The van der Waals surface area contributed by atoms with Crippen molar-refractivity contribution in [2.24, 2.45) is 0 Å². The van der Waals surface area contributed by atoms with Crippen LogP contribution in [0.4, 0.5) is 5.69 Å². The van der Waals surface area contributed by atoms with Crippen LogP contribution in [0.25, 0.3) is 11.0 Å². The number of aromatic nitrogens is 2. The van der Waals surface area contributed by atoms with Gasteiger partial charge in [-0.25, -0.2) is 4.98 Å². The minimum atomic E-state index is -0.291. The van der Waals surface area contributed by atoms with Gasteiger partial charge in [0.2, 0.25) is 5.91 Å². The van der Waals surface area contributed by atoms with E-state index >= 15 is 0 Å². The van der Waals surface area contributed by atoms with Gasteiger partial charge in [0.1, 0.15) is 11.9 Å². The van der Waals surface area contributed by atoms with Crippen molar-refractivity contribution >= 4 is 22.6 Å². The number of likely N-dealkylation sites (N-methyl/N-ethyl adjacent to an activating group) is 1. The van der Waals surface area contributed by atoms with Crippen LogP contribution in [0.2, 0.25) is 0 Å². The predicted octanol–water partition coefficient (Wildman–Crippen LogP) is 2.44. The Morgan fingerprint density at radius 3 is 2.70 bits per heavy atom. The van der Waals surface area contributed by atoms with Gasteiger partial charge in [-0.3, -0.25) is 4.79 Å². The van der Waals surface area contributed by atoms with Crippen LogP contribution < -0.4 is 11.1 Å². The number of hydrogen-bond donors (Lipinski definition) is 2. The molecule has 0 fully saturated rings. The number of rotatable bonds is 4. The first-order valence-electron chi connectivity index (χ1n) is 7.00. The van der Waals surface area contributed by atoms with E-state index in [1.807, 2.05) is 36.6 Å². The molecule has 0 aliphatic carbocycles. The summed E-state index contributed by atoms with van der Waals surface area (Å²) in [7, 11) is 0. The van der Waals surface area contributed by atoms with Crippen molar-refractivity contribution in [2.75, 3.05) is 12.3 Å². The fourth-order valence-corrected chi connectivity index (χ4v) is 2.39. The van der Waals surface area contributed by atoms with Gasteiger partial charge < -0.3 is 15.6 Å². The maximum atomic E-state index is 12.1. The Bertz CT molecular complexity index is 630. The number of nitrogens with one attached hydrogen (secondary N) is 1. The molecule has 5 nitrogen and oxygen atoms in total. The first-order valence-corrected chi connectivity index (χ1v) is 7.00. The molecule has 0 aliphatic heterocycles. The Morgan fingerprint density at radius 1 is 1.40 bits per heavy atom. The van der Waals surface area contributed by atoms with Crippen molar-refractivity contribution in [1.82, 2.24) is 14.9 Å². The smallest absolute Gasteiger partial charge is 0.242 e. The number of amides is 1. The van der Waals surface area contributed by atoms with Crippen LogP contribution in [0.3, 0.4) is 0 Å². The highest BCUT2D eigenvalue weighted by atomic mass is 16.2. The van der Waals surface area contributed by atoms with Gasteiger partial charge in [-0.2, -0.15) is 0 Å². The Kier molecular flexibility index (Phi) is 3.97. The maximum Gasteiger partial charge on any atom is 0.242 e. The summed E-state index contributed by atoms with van der Waals surface area (Å²) >= 11 is 0. The van der Waals surface area contributed by atoms with Crippen LogP contribution in [-0.4, -0.2) is 22.0 Å². The van der Waals surface area contributed by atoms with E-state index in [-0.39, 0.29) is 17.9 Å². The zero-order valence-electron chi connectivity index (χ0n) is 12.5. The minimum absolute atomic E-state index is 0.00512. The molecular weight excluding hydrogens is 252 g/mol. The molecule has 3 N–H and O–H groups in total. The molecule has 1 heterocycles. The lowest BCUT2D eigenvalue weighted by atomic mass is 10.2. The fourth-order valence-electron chi connectivity index (χ4n) is 2.39. The second kappa shape index (κ2) is 5.53. The third-order valence-corrected chi connectivity index (χ3v) is 3.37. The van der Waals surface area contributed by atoms with Crippen LogP contribution in [0.5, 0.6) is 0 Å². The molecule has 5 heteroatoms. The van der Waals surface area contributed by atoms with Crippen molar-refractivity contribution in [3.63, 3.8) is 0 Å². The van der Waals surface area contributed by atoms with Gasteiger partial charge in [-0.1, -0.05) is 13.8 Å². The van der Waals surface area contributed by atoms with E-state index in [1.165, 1.54) is 0 Å². The summed E-state index contributed by atoms with van der Waals surface area (Å²) in [5, 5.41) is 2.86. The van der Waals surface area contributed by atoms with E-state index < -0.39 is 0 Å². The lowest BCUT2D eigenvalue weighted by molar-refractivity contribution is -0.123. The third-order valence-electron chi connectivity index (χ3n) is 3.37. The van der Waals surface area contributed by atoms with E-state index in [4.69, 9.17) is 5.73 Å². The van der Waals surface area contributed by atoms with Crippen LogP contribution in [-0.2, 0) is 4.79 Å². The third kappa shape index (κ3) is 2.48. The fraction of sp³-hybridized carbons (Fsp3) is 0.467. The number of benzene rings is 1. The summed E-state index contributed by atoms with van der Waals surface area (Å²) in [6, 6.07) is 5.33. The van der Waals surface area contributed by atoms with E-state index in [1.54, 1.807) is 0 Å². The summed E-state index contributed by atoms with van der Waals surface area (Å²) < 4.78 is 2.00. The molecule has 0 radical (unpaired) electrons.